The monoisotopic (exact) mass is 268 g/mol. The molecule has 0 saturated heterocycles. The number of nitrogens with zero attached hydrogens (tertiary/aromatic N) is 1. The van der Waals surface area contributed by atoms with Gasteiger partial charge >= 0.3 is 0 Å². The van der Waals surface area contributed by atoms with Crippen molar-refractivity contribution in [2.45, 2.75) is 12.8 Å². The van der Waals surface area contributed by atoms with Crippen LogP contribution in [0.2, 0.25) is 0 Å². The zero-order valence-electron chi connectivity index (χ0n) is 11.9. The minimum Gasteiger partial charge on any atom is -0.493 e. The summed E-state index contributed by atoms with van der Waals surface area (Å²) in [5.41, 5.74) is 0.747. The second kappa shape index (κ2) is 6.29. The predicted molar refractivity (Wildman–Crippen MR) is 71.5 cm³/mol. The van der Waals surface area contributed by atoms with Crippen LogP contribution in [0.25, 0.3) is 0 Å². The number of hydrogen-bond acceptors (Lipinski definition) is 5. The third kappa shape index (κ3) is 3.08. The summed E-state index contributed by atoms with van der Waals surface area (Å²) in [6.07, 6.45) is 0. The molecule has 1 aromatic rings. The zero-order chi connectivity index (χ0) is 14.6. The van der Waals surface area contributed by atoms with E-state index in [9.17, 15) is 4.79 Å². The van der Waals surface area contributed by atoms with Gasteiger partial charge in [0.2, 0.25) is 11.7 Å². The van der Waals surface area contributed by atoms with Crippen LogP contribution in [0.1, 0.15) is 18.4 Å². The van der Waals surface area contributed by atoms with E-state index in [0.29, 0.717) is 17.2 Å². The van der Waals surface area contributed by atoms with E-state index in [4.69, 9.17) is 20.1 Å². The molecule has 0 saturated carbocycles. The number of likely N-dealkylation sites (N-methyl/N-ethyl adjacent to an activating group) is 1. The van der Waals surface area contributed by atoms with Gasteiger partial charge in [0.1, 0.15) is 0 Å². The third-order valence-corrected chi connectivity index (χ3v) is 2.91. The lowest BCUT2D eigenvalue weighted by Crippen LogP contribution is -2.36. The molecule has 1 unspecified atom stereocenters. The molecule has 0 spiro atoms. The maximum absolute atomic E-state index is 11.9. The van der Waals surface area contributed by atoms with Crippen molar-refractivity contribution in [2.24, 2.45) is 5.84 Å². The van der Waals surface area contributed by atoms with Crippen LogP contribution in [0, 0.1) is 0 Å². The molecule has 2 N–H and O–H groups in total. The van der Waals surface area contributed by atoms with E-state index >= 15 is 0 Å². The van der Waals surface area contributed by atoms with Crippen LogP contribution in [-0.4, -0.2) is 39.3 Å². The van der Waals surface area contributed by atoms with E-state index in [2.05, 4.69) is 0 Å². The van der Waals surface area contributed by atoms with Crippen molar-refractivity contribution in [3.05, 3.63) is 17.7 Å². The predicted octanol–water partition coefficient (Wildman–Crippen LogP) is 1.15. The molecule has 0 aliphatic rings. The van der Waals surface area contributed by atoms with Gasteiger partial charge in [-0.25, -0.2) is 5.84 Å². The highest BCUT2D eigenvalue weighted by Gasteiger charge is 2.22. The van der Waals surface area contributed by atoms with Gasteiger partial charge in [0, 0.05) is 7.05 Å². The van der Waals surface area contributed by atoms with E-state index in [1.165, 1.54) is 28.4 Å². The average molecular weight is 268 g/mol. The Balaban J connectivity index is 3.26. The number of methoxy groups -OCH3 is 3. The first-order valence-electron chi connectivity index (χ1n) is 5.78. The maximum Gasteiger partial charge on any atom is 0.243 e. The second-order valence-electron chi connectivity index (χ2n) is 4.13. The molecular formula is C13H20N2O4. The molecule has 19 heavy (non-hydrogen) atoms. The third-order valence-electron chi connectivity index (χ3n) is 2.91. The number of nitrogens with two attached hydrogens (primary N) is 1. The van der Waals surface area contributed by atoms with Gasteiger partial charge < -0.3 is 14.2 Å². The molecule has 0 aliphatic carbocycles. The smallest absolute Gasteiger partial charge is 0.243 e. The fraction of sp³-hybridized carbons (Fsp3) is 0.462. The Morgan fingerprint density at radius 2 is 1.63 bits per heavy atom. The van der Waals surface area contributed by atoms with Crippen LogP contribution in [0.15, 0.2) is 12.1 Å². The molecule has 0 fully saturated rings. The van der Waals surface area contributed by atoms with Crippen LogP contribution >= 0.6 is 0 Å². The number of hydrazine groups is 1. The molecule has 106 valence electrons. The highest BCUT2D eigenvalue weighted by molar-refractivity contribution is 5.83. The zero-order valence-corrected chi connectivity index (χ0v) is 11.9. The van der Waals surface area contributed by atoms with Gasteiger partial charge in [-0.2, -0.15) is 0 Å². The minimum atomic E-state index is -0.399. The van der Waals surface area contributed by atoms with Crippen molar-refractivity contribution in [2.75, 3.05) is 28.4 Å². The van der Waals surface area contributed by atoms with Crippen LogP contribution in [0.4, 0.5) is 0 Å². The molecule has 0 aromatic heterocycles. The SMILES string of the molecule is COc1cc(C(C)C(=O)N(C)N)cc(OC)c1OC. The van der Waals surface area contributed by atoms with Gasteiger partial charge in [-0.05, 0) is 24.6 Å². The van der Waals surface area contributed by atoms with Crippen molar-refractivity contribution < 1.29 is 19.0 Å². The van der Waals surface area contributed by atoms with Crippen molar-refractivity contribution in [3.63, 3.8) is 0 Å². The number of ether oxygens (including phenoxy) is 3. The fourth-order valence-electron chi connectivity index (χ4n) is 1.80. The average Bonchev–Trinajstić information content (AvgIpc) is 2.43. The van der Waals surface area contributed by atoms with Crippen LogP contribution < -0.4 is 20.1 Å². The quantitative estimate of drug-likeness (QED) is 0.492. The number of benzene rings is 1. The van der Waals surface area contributed by atoms with E-state index in [-0.39, 0.29) is 5.91 Å². The molecular weight excluding hydrogens is 248 g/mol. The number of carbonyl (C=O) groups is 1. The van der Waals surface area contributed by atoms with E-state index in [1.54, 1.807) is 19.1 Å². The van der Waals surface area contributed by atoms with E-state index in [1.807, 2.05) is 0 Å². The van der Waals surface area contributed by atoms with E-state index in [0.717, 1.165) is 10.6 Å². The lowest BCUT2D eigenvalue weighted by molar-refractivity contribution is -0.131. The molecule has 6 nitrogen and oxygen atoms in total. The summed E-state index contributed by atoms with van der Waals surface area (Å²) in [6.45, 7) is 1.77. The Labute approximate surface area is 113 Å². The first-order valence-corrected chi connectivity index (χ1v) is 5.78. The lowest BCUT2D eigenvalue weighted by atomic mass is 9.99. The Morgan fingerprint density at radius 3 is 1.95 bits per heavy atom. The number of rotatable bonds is 5. The number of amides is 1. The summed E-state index contributed by atoms with van der Waals surface area (Å²) in [7, 11) is 6.10. The summed E-state index contributed by atoms with van der Waals surface area (Å²) in [5, 5.41) is 1.06. The summed E-state index contributed by atoms with van der Waals surface area (Å²) in [4.78, 5) is 11.9. The molecule has 1 aromatic carbocycles. The minimum absolute atomic E-state index is 0.200. The Kier molecular flexibility index (Phi) is 5.00. The van der Waals surface area contributed by atoms with E-state index < -0.39 is 5.92 Å². The van der Waals surface area contributed by atoms with Crippen LogP contribution in [0.3, 0.4) is 0 Å². The number of hydrogen-bond donors (Lipinski definition) is 1. The lowest BCUT2D eigenvalue weighted by Gasteiger charge is -2.19. The Morgan fingerprint density at radius 1 is 1.16 bits per heavy atom. The number of carbonyl (C=O) groups excluding carboxylic acids is 1. The highest BCUT2D eigenvalue weighted by atomic mass is 16.5. The van der Waals surface area contributed by atoms with Gasteiger partial charge in [0.05, 0.1) is 27.2 Å². The largest absolute Gasteiger partial charge is 0.493 e. The molecule has 0 aliphatic heterocycles. The van der Waals surface area contributed by atoms with Gasteiger partial charge in [-0.1, -0.05) is 0 Å². The standard InChI is InChI=1S/C13H20N2O4/c1-8(13(16)15(2)14)9-6-10(17-3)12(19-5)11(7-9)18-4/h6-8H,14H2,1-5H3. The van der Waals surface area contributed by atoms with Crippen molar-refractivity contribution in [1.82, 2.24) is 5.01 Å². The molecule has 1 rings (SSSR count). The van der Waals surface area contributed by atoms with Crippen LogP contribution in [-0.2, 0) is 4.79 Å². The Hall–Kier alpha value is -1.95. The summed E-state index contributed by atoms with van der Waals surface area (Å²) in [6, 6.07) is 3.49. The molecule has 0 radical (unpaired) electrons. The maximum atomic E-state index is 11.9. The Bertz CT molecular complexity index is 435. The first kappa shape index (κ1) is 15.1. The van der Waals surface area contributed by atoms with Crippen molar-refractivity contribution in [3.8, 4) is 17.2 Å². The normalized spacial score (nSPS) is 11.7. The molecule has 1 amide bonds. The van der Waals surface area contributed by atoms with Gasteiger partial charge in [0.15, 0.2) is 11.5 Å². The summed E-state index contributed by atoms with van der Waals surface area (Å²) >= 11 is 0. The van der Waals surface area contributed by atoms with Gasteiger partial charge in [-0.3, -0.25) is 9.80 Å². The summed E-state index contributed by atoms with van der Waals surface area (Å²) in [5.74, 6) is 6.38. The summed E-state index contributed by atoms with van der Waals surface area (Å²) < 4.78 is 15.7. The highest BCUT2D eigenvalue weighted by Crippen LogP contribution is 2.40. The van der Waals surface area contributed by atoms with Crippen molar-refractivity contribution in [1.29, 1.82) is 0 Å². The fourth-order valence-corrected chi connectivity index (χ4v) is 1.80. The second-order valence-corrected chi connectivity index (χ2v) is 4.13. The van der Waals surface area contributed by atoms with Gasteiger partial charge in [-0.15, -0.1) is 0 Å². The van der Waals surface area contributed by atoms with Crippen molar-refractivity contribution >= 4 is 5.91 Å². The molecule has 0 bridgehead atoms. The van der Waals surface area contributed by atoms with Gasteiger partial charge in [0.25, 0.3) is 0 Å². The first-order chi connectivity index (χ1) is 8.96. The topological polar surface area (TPSA) is 74.0 Å². The molecule has 0 heterocycles. The molecule has 1 atom stereocenters. The van der Waals surface area contributed by atoms with Crippen LogP contribution in [0.5, 0.6) is 17.2 Å². The molecule has 6 heteroatoms.